The maximum Gasteiger partial charge on any atom is 0.341 e. The highest BCUT2D eigenvalue weighted by atomic mass is 32.2. The molecule has 1 N–H and O–H groups in total. The molecular weight excluding hydrogens is 460 g/mol. The van der Waals surface area contributed by atoms with Gasteiger partial charge in [0, 0.05) is 10.9 Å². The first-order chi connectivity index (χ1) is 16.0. The number of fused-ring (bicyclic) bond motifs is 1. The quantitative estimate of drug-likeness (QED) is 0.259. The van der Waals surface area contributed by atoms with E-state index in [1.807, 2.05) is 24.5 Å². The first-order valence-electron chi connectivity index (χ1n) is 11.2. The lowest BCUT2D eigenvalue weighted by molar-refractivity contribution is -0.113. The normalized spacial score (nSPS) is 13.6. The molecule has 3 heterocycles. The van der Waals surface area contributed by atoms with Crippen molar-refractivity contribution < 1.29 is 18.7 Å². The van der Waals surface area contributed by atoms with Gasteiger partial charge >= 0.3 is 5.97 Å². The Kier molecular flexibility index (Phi) is 7.54. The molecule has 0 saturated heterocycles. The van der Waals surface area contributed by atoms with E-state index in [1.165, 1.54) is 28.0 Å². The van der Waals surface area contributed by atoms with E-state index in [9.17, 15) is 9.59 Å². The predicted molar refractivity (Wildman–Crippen MR) is 129 cm³/mol. The van der Waals surface area contributed by atoms with Crippen LogP contribution in [0.4, 0.5) is 5.00 Å². The lowest BCUT2D eigenvalue weighted by atomic mass is 10.1. The molecule has 1 aliphatic carbocycles. The maximum absolute atomic E-state index is 12.9. The molecule has 10 heteroatoms. The highest BCUT2D eigenvalue weighted by Crippen LogP contribution is 2.38. The molecular formula is C23H28N4O4S2. The van der Waals surface area contributed by atoms with E-state index in [2.05, 4.69) is 15.5 Å². The van der Waals surface area contributed by atoms with Crippen molar-refractivity contribution in [3.63, 3.8) is 0 Å². The van der Waals surface area contributed by atoms with Gasteiger partial charge in [-0.05, 0) is 64.2 Å². The smallest absolute Gasteiger partial charge is 0.341 e. The van der Waals surface area contributed by atoms with Crippen molar-refractivity contribution in [1.82, 2.24) is 14.8 Å². The fourth-order valence-electron chi connectivity index (χ4n) is 3.96. The number of thiophene rings is 1. The fraction of sp³-hybridized carbons (Fsp3) is 0.478. The molecule has 0 bridgehead atoms. The maximum atomic E-state index is 12.9. The van der Waals surface area contributed by atoms with Crippen molar-refractivity contribution in [2.45, 2.75) is 64.1 Å². The van der Waals surface area contributed by atoms with E-state index in [0.717, 1.165) is 37.7 Å². The monoisotopic (exact) mass is 488 g/mol. The molecule has 0 saturated carbocycles. The number of amides is 1. The van der Waals surface area contributed by atoms with Gasteiger partial charge in [0.2, 0.25) is 11.7 Å². The van der Waals surface area contributed by atoms with Crippen LogP contribution in [0.25, 0.3) is 11.6 Å². The number of furan rings is 1. The topological polar surface area (TPSA) is 99.2 Å². The Morgan fingerprint density at radius 3 is 2.82 bits per heavy atom. The summed E-state index contributed by atoms with van der Waals surface area (Å²) in [6.07, 6.45) is 6.67. The van der Waals surface area contributed by atoms with E-state index in [1.54, 1.807) is 19.3 Å². The minimum absolute atomic E-state index is 0.0917. The Morgan fingerprint density at radius 2 is 2.09 bits per heavy atom. The summed E-state index contributed by atoms with van der Waals surface area (Å²) < 4.78 is 12.7. The number of carbonyl (C=O) groups is 2. The summed E-state index contributed by atoms with van der Waals surface area (Å²) in [5.41, 5.74) is 1.57. The van der Waals surface area contributed by atoms with Crippen LogP contribution in [-0.2, 0) is 22.4 Å². The van der Waals surface area contributed by atoms with Crippen LogP contribution >= 0.6 is 23.1 Å². The van der Waals surface area contributed by atoms with E-state index in [0.29, 0.717) is 33.9 Å². The third-order valence-corrected chi connectivity index (χ3v) is 7.56. The second kappa shape index (κ2) is 10.6. The van der Waals surface area contributed by atoms with Gasteiger partial charge in [0.1, 0.15) is 5.00 Å². The van der Waals surface area contributed by atoms with Crippen LogP contribution in [0.1, 0.15) is 66.9 Å². The minimum atomic E-state index is -0.359. The second-order valence-corrected chi connectivity index (χ2v) is 10.1. The number of nitrogens with zero attached hydrogens (tertiary/aromatic N) is 3. The van der Waals surface area contributed by atoms with Gasteiger partial charge in [-0.2, -0.15) is 0 Å². The number of thioether (sulfide) groups is 1. The lowest BCUT2D eigenvalue weighted by Crippen LogP contribution is -2.17. The Bertz CT molecular complexity index is 1120. The zero-order chi connectivity index (χ0) is 23.4. The highest BCUT2D eigenvalue weighted by Gasteiger charge is 2.27. The van der Waals surface area contributed by atoms with E-state index >= 15 is 0 Å². The molecule has 4 rings (SSSR count). The van der Waals surface area contributed by atoms with Crippen LogP contribution in [0.3, 0.4) is 0 Å². The number of carbonyl (C=O) groups excluding carboxylic acids is 2. The van der Waals surface area contributed by atoms with Crippen LogP contribution in [0.5, 0.6) is 0 Å². The number of aryl methyl sites for hydroxylation is 1. The second-order valence-electron chi connectivity index (χ2n) is 8.07. The summed E-state index contributed by atoms with van der Waals surface area (Å²) in [6.45, 7) is 6.16. The predicted octanol–water partition coefficient (Wildman–Crippen LogP) is 5.36. The standard InChI is InChI=1S/C23H28N4O4S2/c1-4-30-22(29)19-15-9-6-5-7-11-17(15)33-21(19)24-18(28)13-32-23-26-25-20(27(23)14(2)3)16-10-8-12-31-16/h8,10,12,14H,4-7,9,11,13H2,1-3H3,(H,24,28). The summed E-state index contributed by atoms with van der Waals surface area (Å²) in [7, 11) is 0. The molecule has 3 aromatic heterocycles. The van der Waals surface area contributed by atoms with Crippen LogP contribution in [0.2, 0.25) is 0 Å². The largest absolute Gasteiger partial charge is 0.462 e. The van der Waals surface area contributed by atoms with Crippen LogP contribution in [0, 0.1) is 0 Å². The highest BCUT2D eigenvalue weighted by molar-refractivity contribution is 7.99. The molecule has 1 amide bonds. The Labute approximate surface area is 201 Å². The molecule has 3 aromatic rings. The summed E-state index contributed by atoms with van der Waals surface area (Å²) >= 11 is 2.81. The van der Waals surface area contributed by atoms with Gasteiger partial charge in [-0.25, -0.2) is 4.79 Å². The number of esters is 1. The zero-order valence-corrected chi connectivity index (χ0v) is 20.7. The molecule has 0 atom stereocenters. The molecule has 0 spiro atoms. The number of rotatable bonds is 8. The third kappa shape index (κ3) is 5.16. The molecule has 8 nitrogen and oxygen atoms in total. The van der Waals surface area contributed by atoms with Crippen LogP contribution in [0.15, 0.2) is 28.0 Å². The van der Waals surface area contributed by atoms with Crippen molar-refractivity contribution in [3.8, 4) is 11.6 Å². The minimum Gasteiger partial charge on any atom is -0.462 e. The Morgan fingerprint density at radius 1 is 1.27 bits per heavy atom. The summed E-state index contributed by atoms with van der Waals surface area (Å²) in [6, 6.07) is 3.73. The lowest BCUT2D eigenvalue weighted by Gasteiger charge is -2.12. The van der Waals surface area contributed by atoms with Gasteiger partial charge in [-0.3, -0.25) is 9.36 Å². The average molecular weight is 489 g/mol. The van der Waals surface area contributed by atoms with E-state index in [-0.39, 0.29) is 23.7 Å². The summed E-state index contributed by atoms with van der Waals surface area (Å²) in [5, 5.41) is 12.7. The zero-order valence-electron chi connectivity index (χ0n) is 19.1. The number of ether oxygens (including phenoxy) is 1. The first kappa shape index (κ1) is 23.6. The first-order valence-corrected chi connectivity index (χ1v) is 13.0. The Balaban J connectivity index is 1.50. The number of nitrogens with one attached hydrogen (secondary N) is 1. The van der Waals surface area contributed by atoms with E-state index < -0.39 is 0 Å². The molecule has 0 aliphatic heterocycles. The van der Waals surface area contributed by atoms with Gasteiger partial charge in [-0.1, -0.05) is 18.2 Å². The van der Waals surface area contributed by atoms with Crippen molar-refractivity contribution in [2.75, 3.05) is 17.7 Å². The summed E-state index contributed by atoms with van der Waals surface area (Å²) in [4.78, 5) is 26.7. The number of hydrogen-bond acceptors (Lipinski definition) is 8. The molecule has 0 radical (unpaired) electrons. The fourth-order valence-corrected chi connectivity index (χ4v) is 6.12. The summed E-state index contributed by atoms with van der Waals surface area (Å²) in [5.74, 6) is 0.854. The van der Waals surface area contributed by atoms with Crippen molar-refractivity contribution in [3.05, 3.63) is 34.4 Å². The molecule has 0 fully saturated rings. The van der Waals surface area contributed by atoms with Gasteiger partial charge in [0.15, 0.2) is 10.9 Å². The van der Waals surface area contributed by atoms with E-state index in [4.69, 9.17) is 9.15 Å². The van der Waals surface area contributed by atoms with Gasteiger partial charge < -0.3 is 14.5 Å². The van der Waals surface area contributed by atoms with Gasteiger partial charge in [0.25, 0.3) is 0 Å². The van der Waals surface area contributed by atoms with Crippen LogP contribution in [-0.4, -0.2) is 39.0 Å². The van der Waals surface area contributed by atoms with Crippen molar-refractivity contribution in [2.24, 2.45) is 0 Å². The molecule has 1 aliphatic rings. The molecule has 0 aromatic carbocycles. The van der Waals surface area contributed by atoms with Crippen LogP contribution < -0.4 is 5.32 Å². The number of hydrogen-bond donors (Lipinski definition) is 1. The SMILES string of the molecule is CCOC(=O)c1c(NC(=O)CSc2nnc(-c3ccco3)n2C(C)C)sc2c1CCCCC2. The van der Waals surface area contributed by atoms with Gasteiger partial charge in [-0.15, -0.1) is 21.5 Å². The number of anilines is 1. The number of aromatic nitrogens is 3. The molecule has 176 valence electrons. The molecule has 33 heavy (non-hydrogen) atoms. The average Bonchev–Trinajstić information content (AvgIpc) is 3.48. The Hall–Kier alpha value is -2.59. The van der Waals surface area contributed by atoms with Gasteiger partial charge in [0.05, 0.1) is 24.2 Å². The third-order valence-electron chi connectivity index (χ3n) is 5.41. The van der Waals surface area contributed by atoms with Crippen molar-refractivity contribution in [1.29, 1.82) is 0 Å². The molecule has 0 unspecified atom stereocenters. The van der Waals surface area contributed by atoms with Crippen molar-refractivity contribution >= 4 is 40.0 Å².